The topological polar surface area (TPSA) is 102 Å². The lowest BCUT2D eigenvalue weighted by Gasteiger charge is -2.29. The van der Waals surface area contributed by atoms with Crippen LogP contribution in [0.15, 0.2) is 36.5 Å². The summed E-state index contributed by atoms with van der Waals surface area (Å²) in [7, 11) is 0. The first-order chi connectivity index (χ1) is 17.1. The van der Waals surface area contributed by atoms with Crippen molar-refractivity contribution < 1.29 is 19.4 Å². The van der Waals surface area contributed by atoms with Crippen LogP contribution in [0.25, 0.3) is 5.13 Å². The number of nitrogens with one attached hydrogen (secondary N) is 1. The van der Waals surface area contributed by atoms with E-state index in [0.717, 1.165) is 40.4 Å². The van der Waals surface area contributed by atoms with Crippen LogP contribution in [0.5, 0.6) is 11.5 Å². The molecule has 10 heteroatoms. The van der Waals surface area contributed by atoms with Crippen molar-refractivity contribution in [3.63, 3.8) is 0 Å². The molecule has 1 aliphatic rings. The summed E-state index contributed by atoms with van der Waals surface area (Å²) in [5, 5.41) is 23.2. The van der Waals surface area contributed by atoms with E-state index in [-0.39, 0.29) is 5.92 Å². The lowest BCUT2D eigenvalue weighted by Crippen LogP contribution is -2.36. The number of anilines is 1. The lowest BCUT2D eigenvalue weighted by atomic mass is 9.98. The monoisotopic (exact) mass is 499 g/mol. The molecule has 9 nitrogen and oxygen atoms in total. The van der Waals surface area contributed by atoms with E-state index < -0.39 is 5.97 Å². The number of aromatic nitrogens is 3. The van der Waals surface area contributed by atoms with Crippen LogP contribution in [0.2, 0.25) is 0 Å². The van der Waals surface area contributed by atoms with E-state index in [1.807, 2.05) is 32.2 Å². The normalized spacial score (nSPS) is 14.3. The number of aliphatic carboxylic acids is 1. The van der Waals surface area contributed by atoms with Crippen molar-refractivity contribution in [2.45, 2.75) is 39.7 Å². The third-order valence-corrected chi connectivity index (χ3v) is 7.05. The summed E-state index contributed by atoms with van der Waals surface area (Å²) >= 11 is 1.53. The molecule has 0 amide bonds. The van der Waals surface area contributed by atoms with Gasteiger partial charge < -0.3 is 24.8 Å². The molecule has 1 saturated heterocycles. The number of hydrogen-bond acceptors (Lipinski definition) is 8. The van der Waals surface area contributed by atoms with Gasteiger partial charge in [-0.25, -0.2) is 0 Å². The lowest BCUT2D eigenvalue weighted by molar-refractivity contribution is -0.142. The number of carbonyl (C=O) groups is 1. The molecule has 2 aromatic heterocycles. The van der Waals surface area contributed by atoms with Gasteiger partial charge in [-0.1, -0.05) is 17.4 Å². The average Bonchev–Trinajstić information content (AvgIpc) is 3.53. The number of rotatable bonds is 12. The number of carboxylic acid groups (broad SMARTS) is 1. The Balaban J connectivity index is 1.31. The van der Waals surface area contributed by atoms with Gasteiger partial charge in [0.15, 0.2) is 11.5 Å². The molecule has 188 valence electrons. The van der Waals surface area contributed by atoms with Crippen molar-refractivity contribution in [3.8, 4) is 16.6 Å². The van der Waals surface area contributed by atoms with Crippen LogP contribution < -0.4 is 19.7 Å². The molecule has 0 aliphatic carbocycles. The van der Waals surface area contributed by atoms with Crippen LogP contribution in [-0.2, 0) is 17.8 Å². The molecule has 4 rings (SSSR count). The Hall–Kier alpha value is -3.11. The summed E-state index contributed by atoms with van der Waals surface area (Å²) in [4.78, 5) is 13.3. The van der Waals surface area contributed by atoms with Gasteiger partial charge in [-0.3, -0.25) is 9.36 Å². The predicted molar refractivity (Wildman–Crippen MR) is 136 cm³/mol. The zero-order chi connectivity index (χ0) is 24.6. The fraction of sp³-hybridized carbons (Fsp3) is 0.480. The molecule has 0 saturated carbocycles. The van der Waals surface area contributed by atoms with Gasteiger partial charge in [0.1, 0.15) is 0 Å². The molecule has 0 spiro atoms. The highest BCUT2D eigenvalue weighted by Gasteiger charge is 2.26. The summed E-state index contributed by atoms with van der Waals surface area (Å²) in [6, 6.07) is 10.2. The van der Waals surface area contributed by atoms with E-state index in [1.54, 1.807) is 0 Å². The Morgan fingerprint density at radius 2 is 1.86 bits per heavy atom. The van der Waals surface area contributed by atoms with Crippen molar-refractivity contribution in [1.82, 2.24) is 20.1 Å². The first-order valence-corrected chi connectivity index (χ1v) is 13.0. The van der Waals surface area contributed by atoms with Gasteiger partial charge in [0.05, 0.1) is 19.1 Å². The Morgan fingerprint density at radius 1 is 1.11 bits per heavy atom. The van der Waals surface area contributed by atoms with E-state index in [0.29, 0.717) is 45.7 Å². The summed E-state index contributed by atoms with van der Waals surface area (Å²) in [6.07, 6.45) is 4.16. The highest BCUT2D eigenvalue weighted by atomic mass is 32.1. The van der Waals surface area contributed by atoms with E-state index in [2.05, 4.69) is 43.2 Å². The minimum Gasteiger partial charge on any atom is -0.490 e. The fourth-order valence-electron chi connectivity index (χ4n) is 4.20. The molecule has 1 aromatic carbocycles. The fourth-order valence-corrected chi connectivity index (χ4v) is 5.11. The third kappa shape index (κ3) is 6.32. The molecule has 0 bridgehead atoms. The smallest absolute Gasteiger partial charge is 0.306 e. The summed E-state index contributed by atoms with van der Waals surface area (Å²) in [6.45, 7) is 8.08. The van der Waals surface area contributed by atoms with E-state index in [1.165, 1.54) is 16.9 Å². The number of hydrogen-bond donors (Lipinski definition) is 2. The molecular weight excluding hydrogens is 466 g/mol. The standard InChI is InChI=1S/C25H33N5O4S/c1-3-33-21-8-7-18(16-22(21)34-4-2)9-12-26-17-20-6-5-13-30(20)25-28-27-24(35-25)29-14-10-19(11-15-29)23(31)32/h5-8,13,16,19,26H,3-4,9-12,14-15,17H2,1-2H3,(H,31,32). The highest BCUT2D eigenvalue weighted by Crippen LogP contribution is 2.30. The molecule has 2 N–H and O–H groups in total. The van der Waals surface area contributed by atoms with Crippen LogP contribution in [0.3, 0.4) is 0 Å². The largest absolute Gasteiger partial charge is 0.490 e. The summed E-state index contributed by atoms with van der Waals surface area (Å²) in [5.74, 6) is 0.616. The third-order valence-electron chi connectivity index (χ3n) is 6.06. The molecular formula is C25H33N5O4S. The Morgan fingerprint density at radius 3 is 2.60 bits per heavy atom. The molecule has 3 heterocycles. The molecule has 35 heavy (non-hydrogen) atoms. The van der Waals surface area contributed by atoms with Crippen LogP contribution in [0.1, 0.15) is 37.9 Å². The maximum absolute atomic E-state index is 11.2. The minimum absolute atomic E-state index is 0.255. The zero-order valence-electron chi connectivity index (χ0n) is 20.3. The quantitative estimate of drug-likeness (QED) is 0.363. The number of ether oxygens (including phenoxy) is 2. The first kappa shape index (κ1) is 25.0. The Bertz CT molecular complexity index is 1110. The van der Waals surface area contributed by atoms with Gasteiger partial charge >= 0.3 is 5.97 Å². The number of carboxylic acids is 1. The van der Waals surface area contributed by atoms with Crippen molar-refractivity contribution >= 4 is 22.4 Å². The number of nitrogens with zero attached hydrogens (tertiary/aromatic N) is 4. The summed E-state index contributed by atoms with van der Waals surface area (Å²) in [5.41, 5.74) is 2.30. The molecule has 1 aliphatic heterocycles. The maximum atomic E-state index is 11.2. The van der Waals surface area contributed by atoms with Crippen molar-refractivity contribution in [2.24, 2.45) is 5.92 Å². The molecule has 0 radical (unpaired) electrons. The van der Waals surface area contributed by atoms with Gasteiger partial charge in [-0.15, -0.1) is 10.2 Å². The SMILES string of the molecule is CCOc1ccc(CCNCc2cccn2-c2nnc(N3CCC(C(=O)O)CC3)s2)cc1OCC. The molecule has 0 atom stereocenters. The number of piperidine rings is 1. The van der Waals surface area contributed by atoms with Crippen molar-refractivity contribution in [1.29, 1.82) is 0 Å². The van der Waals surface area contributed by atoms with E-state index in [4.69, 9.17) is 9.47 Å². The zero-order valence-corrected chi connectivity index (χ0v) is 21.1. The molecule has 1 fully saturated rings. The van der Waals surface area contributed by atoms with Crippen LogP contribution in [-0.4, -0.2) is 58.7 Å². The van der Waals surface area contributed by atoms with Gasteiger partial charge in [0.25, 0.3) is 0 Å². The van der Waals surface area contributed by atoms with Crippen LogP contribution >= 0.6 is 11.3 Å². The van der Waals surface area contributed by atoms with Crippen molar-refractivity contribution in [2.75, 3.05) is 37.7 Å². The Labute approximate surface area is 209 Å². The van der Waals surface area contributed by atoms with Crippen LogP contribution in [0.4, 0.5) is 5.13 Å². The van der Waals surface area contributed by atoms with Gasteiger partial charge in [-0.2, -0.15) is 0 Å². The second-order valence-corrected chi connectivity index (χ2v) is 9.34. The van der Waals surface area contributed by atoms with Gasteiger partial charge in [0, 0.05) is 31.5 Å². The van der Waals surface area contributed by atoms with Crippen molar-refractivity contribution in [3.05, 3.63) is 47.8 Å². The Kier molecular flexibility index (Phi) is 8.59. The van der Waals surface area contributed by atoms with E-state index in [9.17, 15) is 9.90 Å². The summed E-state index contributed by atoms with van der Waals surface area (Å²) < 4.78 is 13.4. The van der Waals surface area contributed by atoms with Gasteiger partial charge in [-0.05, 0) is 69.5 Å². The maximum Gasteiger partial charge on any atom is 0.306 e. The predicted octanol–water partition coefficient (Wildman–Crippen LogP) is 3.76. The molecule has 0 unspecified atom stereocenters. The highest BCUT2D eigenvalue weighted by molar-refractivity contribution is 7.17. The van der Waals surface area contributed by atoms with E-state index >= 15 is 0 Å². The van der Waals surface area contributed by atoms with Crippen LogP contribution in [0, 0.1) is 5.92 Å². The minimum atomic E-state index is -0.704. The second-order valence-electron chi connectivity index (χ2n) is 8.41. The first-order valence-electron chi connectivity index (χ1n) is 12.2. The van der Waals surface area contributed by atoms with Gasteiger partial charge in [0.2, 0.25) is 10.3 Å². The average molecular weight is 500 g/mol. The number of benzene rings is 1. The second kappa shape index (κ2) is 12.0. The molecule has 3 aromatic rings.